The van der Waals surface area contributed by atoms with E-state index in [0.717, 1.165) is 34.7 Å². The SMILES string of the molecule is Cc1nc(C(=O)N2CCCC[C@H]2COc2ccc3c(c2)CN(C2CCC(=O)NC2=O)C3=O)c(C)s1. The molecule has 5 rings (SSSR count). The van der Waals surface area contributed by atoms with Crippen molar-refractivity contribution in [2.75, 3.05) is 13.2 Å². The van der Waals surface area contributed by atoms with Crippen LogP contribution < -0.4 is 10.1 Å². The van der Waals surface area contributed by atoms with Crippen LogP contribution in [-0.2, 0) is 16.1 Å². The van der Waals surface area contributed by atoms with Crippen molar-refractivity contribution in [2.24, 2.45) is 0 Å². The highest BCUT2D eigenvalue weighted by molar-refractivity contribution is 7.11. The van der Waals surface area contributed by atoms with Gasteiger partial charge >= 0.3 is 0 Å². The number of fused-ring (bicyclic) bond motifs is 1. The van der Waals surface area contributed by atoms with Gasteiger partial charge in [-0.05, 0) is 63.3 Å². The number of likely N-dealkylation sites (tertiary alicyclic amines) is 1. The van der Waals surface area contributed by atoms with Crippen LogP contribution in [0.25, 0.3) is 0 Å². The Balaban J connectivity index is 1.26. The number of hydrogen-bond acceptors (Lipinski definition) is 7. The third-order valence-electron chi connectivity index (χ3n) is 6.93. The first kappa shape index (κ1) is 23.5. The van der Waals surface area contributed by atoms with Gasteiger partial charge in [0.2, 0.25) is 11.8 Å². The van der Waals surface area contributed by atoms with E-state index in [0.29, 0.717) is 43.1 Å². The minimum Gasteiger partial charge on any atom is -0.491 e. The number of ether oxygens (including phenoxy) is 1. The third kappa shape index (κ3) is 4.54. The van der Waals surface area contributed by atoms with Gasteiger partial charge in [-0.3, -0.25) is 24.5 Å². The average molecular weight is 497 g/mol. The van der Waals surface area contributed by atoms with Crippen LogP contribution in [-0.4, -0.2) is 63.6 Å². The van der Waals surface area contributed by atoms with Gasteiger partial charge in [-0.2, -0.15) is 0 Å². The second kappa shape index (κ2) is 9.41. The van der Waals surface area contributed by atoms with E-state index in [9.17, 15) is 19.2 Å². The zero-order valence-corrected chi connectivity index (χ0v) is 20.7. The number of carbonyl (C=O) groups excluding carboxylic acids is 4. The van der Waals surface area contributed by atoms with E-state index >= 15 is 0 Å². The summed E-state index contributed by atoms with van der Waals surface area (Å²) in [6.45, 7) is 5.18. The van der Waals surface area contributed by atoms with Crippen molar-refractivity contribution in [2.45, 2.75) is 64.6 Å². The number of aryl methyl sites for hydroxylation is 2. The lowest BCUT2D eigenvalue weighted by Gasteiger charge is -2.35. The summed E-state index contributed by atoms with van der Waals surface area (Å²) in [6.07, 6.45) is 3.41. The molecule has 10 heteroatoms. The molecular weight excluding hydrogens is 468 g/mol. The summed E-state index contributed by atoms with van der Waals surface area (Å²) in [6, 6.07) is 4.63. The van der Waals surface area contributed by atoms with Gasteiger partial charge in [0.05, 0.1) is 11.0 Å². The highest BCUT2D eigenvalue weighted by Crippen LogP contribution is 2.31. The molecule has 1 unspecified atom stereocenters. The molecule has 4 heterocycles. The summed E-state index contributed by atoms with van der Waals surface area (Å²) >= 11 is 1.53. The van der Waals surface area contributed by atoms with Crippen molar-refractivity contribution in [3.8, 4) is 5.75 Å². The number of piperidine rings is 2. The fourth-order valence-corrected chi connectivity index (χ4v) is 5.95. The number of hydrogen-bond donors (Lipinski definition) is 1. The monoisotopic (exact) mass is 496 g/mol. The zero-order chi connectivity index (χ0) is 24.7. The molecule has 1 aromatic carbocycles. The predicted molar refractivity (Wildman–Crippen MR) is 128 cm³/mol. The largest absolute Gasteiger partial charge is 0.491 e. The molecule has 1 N–H and O–H groups in total. The molecular formula is C25H28N4O5S. The number of carbonyl (C=O) groups is 4. The molecule has 2 saturated heterocycles. The number of amides is 4. The van der Waals surface area contributed by atoms with E-state index < -0.39 is 11.9 Å². The topological polar surface area (TPSA) is 109 Å². The number of imide groups is 1. The molecule has 0 spiro atoms. The first-order valence-corrected chi connectivity index (χ1v) is 12.8. The first-order chi connectivity index (χ1) is 16.8. The Kier molecular flexibility index (Phi) is 6.31. The maximum absolute atomic E-state index is 13.2. The zero-order valence-electron chi connectivity index (χ0n) is 19.8. The lowest BCUT2D eigenvalue weighted by atomic mass is 10.0. The van der Waals surface area contributed by atoms with E-state index in [2.05, 4.69) is 10.3 Å². The Morgan fingerprint density at radius 2 is 2.03 bits per heavy atom. The molecule has 1 aromatic heterocycles. The Bertz CT molecular complexity index is 1210. The maximum Gasteiger partial charge on any atom is 0.273 e. The summed E-state index contributed by atoms with van der Waals surface area (Å²) in [5.74, 6) is -0.355. The molecule has 2 aromatic rings. The van der Waals surface area contributed by atoms with Crippen LogP contribution in [0.15, 0.2) is 18.2 Å². The molecule has 2 fully saturated rings. The standard InChI is InChI=1S/C25H28N4O5S/c1-14-22(26-15(2)35-14)25(33)28-10-4-3-5-17(28)13-34-18-6-7-19-16(11-18)12-29(24(19)32)20-8-9-21(30)27-23(20)31/h6-7,11,17,20H,3-5,8-10,12-13H2,1-2H3,(H,27,30,31)/t17-,20?/m0/s1. The van der Waals surface area contributed by atoms with Gasteiger partial charge < -0.3 is 14.5 Å². The molecule has 9 nitrogen and oxygen atoms in total. The molecule has 2 atom stereocenters. The molecule has 0 bridgehead atoms. The van der Waals surface area contributed by atoms with E-state index in [1.54, 1.807) is 12.1 Å². The quantitative estimate of drug-likeness (QED) is 0.638. The van der Waals surface area contributed by atoms with Crippen molar-refractivity contribution in [3.63, 3.8) is 0 Å². The van der Waals surface area contributed by atoms with Crippen LogP contribution in [0, 0.1) is 13.8 Å². The average Bonchev–Trinajstić information content (AvgIpc) is 3.35. The Morgan fingerprint density at radius 3 is 2.77 bits per heavy atom. The molecule has 3 aliphatic rings. The molecule has 4 amide bonds. The van der Waals surface area contributed by atoms with Gasteiger partial charge in [-0.25, -0.2) is 4.98 Å². The summed E-state index contributed by atoms with van der Waals surface area (Å²) < 4.78 is 6.11. The van der Waals surface area contributed by atoms with Crippen molar-refractivity contribution >= 4 is 35.0 Å². The number of benzene rings is 1. The van der Waals surface area contributed by atoms with E-state index in [1.165, 1.54) is 16.2 Å². The Morgan fingerprint density at radius 1 is 1.20 bits per heavy atom. The molecule has 3 aliphatic heterocycles. The Hall–Kier alpha value is -3.27. The summed E-state index contributed by atoms with van der Waals surface area (Å²) in [5.41, 5.74) is 1.87. The molecule has 35 heavy (non-hydrogen) atoms. The predicted octanol–water partition coefficient (Wildman–Crippen LogP) is 2.59. The van der Waals surface area contributed by atoms with E-state index in [4.69, 9.17) is 4.74 Å². The van der Waals surface area contributed by atoms with Crippen LogP contribution in [0.5, 0.6) is 5.75 Å². The summed E-state index contributed by atoms with van der Waals surface area (Å²) in [5, 5.41) is 3.20. The van der Waals surface area contributed by atoms with Crippen LogP contribution in [0.1, 0.15) is 68.4 Å². The smallest absolute Gasteiger partial charge is 0.273 e. The van der Waals surface area contributed by atoms with Gasteiger partial charge in [0.25, 0.3) is 11.8 Å². The van der Waals surface area contributed by atoms with E-state index in [-0.39, 0.29) is 30.2 Å². The maximum atomic E-state index is 13.2. The summed E-state index contributed by atoms with van der Waals surface area (Å²) in [4.78, 5) is 58.6. The molecule has 0 radical (unpaired) electrons. The minimum absolute atomic E-state index is 0.0421. The van der Waals surface area contributed by atoms with Crippen molar-refractivity contribution in [3.05, 3.63) is 44.9 Å². The van der Waals surface area contributed by atoms with Gasteiger partial charge in [-0.15, -0.1) is 11.3 Å². The minimum atomic E-state index is -0.642. The van der Waals surface area contributed by atoms with Crippen LogP contribution >= 0.6 is 11.3 Å². The van der Waals surface area contributed by atoms with Gasteiger partial charge in [-0.1, -0.05) is 0 Å². The number of rotatable bonds is 5. The molecule has 0 saturated carbocycles. The fraction of sp³-hybridized carbons (Fsp3) is 0.480. The van der Waals surface area contributed by atoms with E-state index in [1.807, 2.05) is 24.8 Å². The lowest BCUT2D eigenvalue weighted by Crippen LogP contribution is -2.52. The number of thiazole rings is 1. The highest BCUT2D eigenvalue weighted by Gasteiger charge is 2.39. The number of nitrogens with zero attached hydrogens (tertiary/aromatic N) is 3. The normalized spacial score (nSPS) is 22.3. The Labute approximate surface area is 207 Å². The van der Waals surface area contributed by atoms with Gasteiger partial charge in [0.15, 0.2) is 0 Å². The second-order valence-electron chi connectivity index (χ2n) is 9.32. The van der Waals surface area contributed by atoms with Crippen LogP contribution in [0.4, 0.5) is 0 Å². The lowest BCUT2D eigenvalue weighted by molar-refractivity contribution is -0.136. The molecule has 0 aliphatic carbocycles. The van der Waals surface area contributed by atoms with Gasteiger partial charge in [0.1, 0.15) is 24.1 Å². The third-order valence-corrected chi connectivity index (χ3v) is 7.82. The van der Waals surface area contributed by atoms with Gasteiger partial charge in [0, 0.05) is 30.0 Å². The van der Waals surface area contributed by atoms with Crippen molar-refractivity contribution in [1.82, 2.24) is 20.1 Å². The first-order valence-electron chi connectivity index (χ1n) is 12.0. The van der Waals surface area contributed by atoms with Crippen molar-refractivity contribution < 1.29 is 23.9 Å². The van der Waals surface area contributed by atoms with Crippen LogP contribution in [0.2, 0.25) is 0 Å². The number of nitrogens with one attached hydrogen (secondary N) is 1. The fourth-order valence-electron chi connectivity index (χ4n) is 5.14. The molecule has 184 valence electrons. The second-order valence-corrected chi connectivity index (χ2v) is 10.7. The highest BCUT2D eigenvalue weighted by atomic mass is 32.1. The van der Waals surface area contributed by atoms with Crippen molar-refractivity contribution in [1.29, 1.82) is 0 Å². The summed E-state index contributed by atoms with van der Waals surface area (Å²) in [7, 11) is 0. The number of aromatic nitrogens is 1. The van der Waals surface area contributed by atoms with Crippen LogP contribution in [0.3, 0.4) is 0 Å².